The summed E-state index contributed by atoms with van der Waals surface area (Å²) in [5.74, 6) is 0. The van der Waals surface area contributed by atoms with Gasteiger partial charge in [-0.3, -0.25) is 0 Å². The van der Waals surface area contributed by atoms with E-state index in [0.717, 1.165) is 0 Å². The van der Waals surface area contributed by atoms with Crippen molar-refractivity contribution in [3.8, 4) is 0 Å². The van der Waals surface area contributed by atoms with Crippen LogP contribution in [0.1, 0.15) is 0 Å². The molecule has 0 unspecified atom stereocenters. The minimum absolute atomic E-state index is 0. The zero-order valence-electron chi connectivity index (χ0n) is 4.05. The molecule has 0 N–H and O–H groups in total. The van der Waals surface area contributed by atoms with Gasteiger partial charge in [-0.05, 0) is 0 Å². The van der Waals surface area contributed by atoms with Crippen LogP contribution in [-0.4, -0.2) is 0 Å². The van der Waals surface area contributed by atoms with Gasteiger partial charge in [0.05, 0.1) is 0 Å². The molecule has 0 rings (SSSR count). The van der Waals surface area contributed by atoms with E-state index in [1.54, 1.807) is 0 Å². The van der Waals surface area contributed by atoms with Crippen molar-refractivity contribution in [1.29, 1.82) is 0 Å². The molecule has 0 aromatic heterocycles. The maximum absolute atomic E-state index is 8.60. The van der Waals surface area contributed by atoms with E-state index in [1.165, 1.54) is 0 Å². The Balaban J connectivity index is -0.0000000720. The maximum atomic E-state index is 8.60. The molecular weight excluding hydrogens is 482 g/mol. The molecule has 9 heavy (non-hydrogen) atoms. The Labute approximate surface area is 84.3 Å². The van der Waals surface area contributed by atoms with Gasteiger partial charge in [0, 0.05) is 0 Å². The first-order chi connectivity index (χ1) is 3.46. The van der Waals surface area contributed by atoms with Gasteiger partial charge in [-0.15, -0.1) is 0 Å². The van der Waals surface area contributed by atoms with Crippen molar-refractivity contribution in [2.24, 2.45) is 0 Å². The normalized spacial score (nSPS) is 5.56. The summed E-state index contributed by atoms with van der Waals surface area (Å²) >= 11 is -8.40. The molecule has 0 saturated carbocycles. The summed E-state index contributed by atoms with van der Waals surface area (Å²) in [6, 6.07) is 0. The molecule has 0 amide bonds. The van der Waals surface area contributed by atoms with Crippen molar-refractivity contribution in [1.82, 2.24) is 0 Å². The Bertz CT molecular complexity index is 128. The molecule has 0 saturated heterocycles. The fourth-order valence-electron chi connectivity index (χ4n) is 0. The van der Waals surface area contributed by atoms with E-state index in [2.05, 4.69) is 0 Å². The first kappa shape index (κ1) is 16.9. The van der Waals surface area contributed by atoms with Gasteiger partial charge in [0.15, 0.2) is 0 Å². The van der Waals surface area contributed by atoms with Crippen LogP contribution in [0, 0.1) is 0 Å². The average Bonchev–Trinajstić information content (AvgIpc) is 1.25. The molecule has 0 aromatic rings. The Morgan fingerprint density at radius 3 is 0.778 bits per heavy atom. The SMILES string of the molecule is [Hg+2].[O]=[Nb](=[O])[O-].[O]=[Nb](=[O])[O-]. The van der Waals surface area contributed by atoms with E-state index in [-0.39, 0.29) is 27.7 Å². The van der Waals surface area contributed by atoms with Crippen LogP contribution in [0.15, 0.2) is 0 Å². The van der Waals surface area contributed by atoms with Crippen molar-refractivity contribution in [2.75, 3.05) is 0 Å². The van der Waals surface area contributed by atoms with Gasteiger partial charge in [0.2, 0.25) is 0 Å². The van der Waals surface area contributed by atoms with Crippen LogP contribution >= 0.6 is 0 Å². The molecule has 0 radical (unpaired) electrons. The van der Waals surface area contributed by atoms with E-state index >= 15 is 0 Å². The van der Waals surface area contributed by atoms with Gasteiger partial charge in [-0.1, -0.05) is 0 Å². The molecule has 0 aliphatic heterocycles. The number of hydrogen-bond donors (Lipinski definition) is 0. The first-order valence-corrected chi connectivity index (χ1v) is 6.48. The fraction of sp³-hybridized carbons (Fsp3) is 0. The molecule has 0 aliphatic carbocycles. The average molecular weight is 482 g/mol. The molecule has 48 valence electrons. The van der Waals surface area contributed by atoms with E-state index in [1.807, 2.05) is 0 Å². The summed E-state index contributed by atoms with van der Waals surface area (Å²) in [6.07, 6.45) is 0. The molecular formula is HgNb2O6. The Hall–Kier alpha value is 1.54. The van der Waals surface area contributed by atoms with E-state index in [9.17, 15) is 0 Å². The molecule has 6 nitrogen and oxygen atoms in total. The van der Waals surface area contributed by atoms with E-state index in [4.69, 9.17) is 20.2 Å². The van der Waals surface area contributed by atoms with E-state index in [0.29, 0.717) is 0 Å². The summed E-state index contributed by atoms with van der Waals surface area (Å²) < 4.78 is 51.6. The fourth-order valence-corrected chi connectivity index (χ4v) is 0. The van der Waals surface area contributed by atoms with E-state index < -0.39 is 37.6 Å². The van der Waals surface area contributed by atoms with Gasteiger partial charge < -0.3 is 0 Å². The van der Waals surface area contributed by atoms with Crippen LogP contribution < -0.4 is 7.23 Å². The second-order valence-corrected chi connectivity index (χ2v) is 2.65. The van der Waals surface area contributed by atoms with Gasteiger partial charge in [-0.2, -0.15) is 0 Å². The van der Waals surface area contributed by atoms with Crippen LogP contribution in [0.3, 0.4) is 0 Å². The molecule has 0 bridgehead atoms. The summed E-state index contributed by atoms with van der Waals surface area (Å²) in [4.78, 5) is 0. The van der Waals surface area contributed by atoms with Gasteiger partial charge in [0.25, 0.3) is 0 Å². The summed E-state index contributed by atoms with van der Waals surface area (Å²) in [5, 5.41) is 0. The van der Waals surface area contributed by atoms with Gasteiger partial charge in [-0.25, -0.2) is 0 Å². The quantitative estimate of drug-likeness (QED) is 0.343. The molecule has 0 atom stereocenters. The third-order valence-electron chi connectivity index (χ3n) is 0. The Morgan fingerprint density at radius 1 is 0.778 bits per heavy atom. The molecule has 9 heteroatoms. The van der Waals surface area contributed by atoms with Crippen molar-refractivity contribution in [2.45, 2.75) is 0 Å². The first-order valence-electron chi connectivity index (χ1n) is 1.10. The van der Waals surface area contributed by atoms with Crippen LogP contribution in [0.2, 0.25) is 0 Å². The Kier molecular flexibility index (Phi) is 22.9. The van der Waals surface area contributed by atoms with Crippen molar-refractivity contribution in [3.63, 3.8) is 0 Å². The minimum atomic E-state index is -4.20. The second kappa shape index (κ2) is 12.2. The Morgan fingerprint density at radius 2 is 0.778 bits per heavy atom. The van der Waals surface area contributed by atoms with Gasteiger partial charge >= 0.3 is 85.5 Å². The van der Waals surface area contributed by atoms with Crippen molar-refractivity contribution >= 4 is 0 Å². The van der Waals surface area contributed by atoms with Crippen molar-refractivity contribution in [3.05, 3.63) is 0 Å². The standard InChI is InChI=1S/Hg.2Nb.6O/q+2;;;;;;;2*-1. The van der Waals surface area contributed by atoms with Gasteiger partial charge in [0.1, 0.15) is 0 Å². The molecule has 0 fully saturated rings. The molecule has 0 heterocycles. The number of hydrogen-bond acceptors (Lipinski definition) is 6. The zero-order chi connectivity index (χ0) is 7.15. The van der Waals surface area contributed by atoms with Crippen LogP contribution in [0.4, 0.5) is 0 Å². The predicted octanol–water partition coefficient (Wildman–Crippen LogP) is -2.86. The molecule has 0 spiro atoms. The third-order valence-corrected chi connectivity index (χ3v) is 0. The van der Waals surface area contributed by atoms with Crippen molar-refractivity contribution < 1.29 is 85.5 Å². The second-order valence-electron chi connectivity index (χ2n) is 0.447. The summed E-state index contributed by atoms with van der Waals surface area (Å²) in [6.45, 7) is 0. The topological polar surface area (TPSA) is 114 Å². The third kappa shape index (κ3) is 230. The number of rotatable bonds is 0. The summed E-state index contributed by atoms with van der Waals surface area (Å²) in [7, 11) is 0. The monoisotopic (exact) mass is 484 g/mol. The predicted molar refractivity (Wildman–Crippen MR) is 2.75 cm³/mol. The molecule has 0 aromatic carbocycles. The van der Waals surface area contributed by atoms with Crippen LogP contribution in [0.25, 0.3) is 0 Å². The van der Waals surface area contributed by atoms with Crippen LogP contribution in [-0.2, 0) is 78.2 Å². The van der Waals surface area contributed by atoms with Crippen LogP contribution in [0.5, 0.6) is 0 Å². The zero-order valence-corrected chi connectivity index (χ0v) is 13.9. The molecule has 0 aliphatic rings. The summed E-state index contributed by atoms with van der Waals surface area (Å²) in [5.41, 5.74) is 0.